The molecular weight excluding hydrogens is 274 g/mol. The van der Waals surface area contributed by atoms with Gasteiger partial charge in [0.1, 0.15) is 0 Å². The van der Waals surface area contributed by atoms with E-state index >= 15 is 0 Å². The van der Waals surface area contributed by atoms with Crippen LogP contribution in [0.15, 0.2) is 0 Å². The maximum atomic E-state index is 12.1. The molecule has 0 spiro atoms. The number of piperidine rings is 1. The highest BCUT2D eigenvalue weighted by atomic mass is 32.2. The van der Waals surface area contributed by atoms with Crippen LogP contribution in [0.1, 0.15) is 52.4 Å². The molecule has 1 aliphatic heterocycles. The third-order valence-electron chi connectivity index (χ3n) is 5.13. The van der Waals surface area contributed by atoms with E-state index in [0.717, 1.165) is 32.1 Å². The molecule has 6 heteroatoms. The number of nitrogens with zero attached hydrogens (tertiary/aromatic N) is 1. The summed E-state index contributed by atoms with van der Waals surface area (Å²) >= 11 is 0. The topological polar surface area (TPSA) is 75.4 Å². The minimum atomic E-state index is -3.08. The number of hydrogen-bond acceptors (Lipinski definition) is 5. The van der Waals surface area contributed by atoms with Gasteiger partial charge in [0.25, 0.3) is 0 Å². The van der Waals surface area contributed by atoms with Gasteiger partial charge in [-0.25, -0.2) is 18.9 Å². The molecule has 20 heavy (non-hydrogen) atoms. The van der Waals surface area contributed by atoms with Gasteiger partial charge in [0.05, 0.1) is 10.8 Å². The zero-order chi connectivity index (χ0) is 15.0. The number of nitrogens with one attached hydrogen (secondary N) is 1. The Balaban J connectivity index is 2.22. The molecular formula is C14H29N3O2S. The monoisotopic (exact) mass is 303 g/mol. The lowest BCUT2D eigenvalue weighted by Gasteiger charge is -2.46. The van der Waals surface area contributed by atoms with Gasteiger partial charge < -0.3 is 5.73 Å². The fraction of sp³-hybridized carbons (Fsp3) is 1.00. The van der Waals surface area contributed by atoms with Crippen LogP contribution in [0.2, 0.25) is 0 Å². The highest BCUT2D eigenvalue weighted by molar-refractivity contribution is 7.91. The average molecular weight is 303 g/mol. The number of hydrazine groups is 1. The van der Waals surface area contributed by atoms with Crippen LogP contribution >= 0.6 is 0 Å². The van der Waals surface area contributed by atoms with Crippen molar-refractivity contribution in [2.24, 2.45) is 5.73 Å². The molecule has 1 heterocycles. The van der Waals surface area contributed by atoms with Crippen LogP contribution < -0.4 is 11.2 Å². The van der Waals surface area contributed by atoms with Crippen LogP contribution in [-0.2, 0) is 9.84 Å². The zero-order valence-corrected chi connectivity index (χ0v) is 13.7. The second-order valence-electron chi connectivity index (χ2n) is 6.72. The standard InChI is InChI=1S/C14H29N3O2S/c1-11-6-4-7-12(2)17(11)16-14(10-15)9-5-8-13(14)20(3,18)19/h11-13,16H,4-10,15H2,1-3H3. The summed E-state index contributed by atoms with van der Waals surface area (Å²) in [7, 11) is -3.08. The summed E-state index contributed by atoms with van der Waals surface area (Å²) in [6.07, 6.45) is 7.39. The molecule has 2 aliphatic rings. The molecule has 2 rings (SSSR count). The fourth-order valence-corrected chi connectivity index (χ4v) is 5.65. The SMILES string of the molecule is CC1CCCC(C)N1NC1(CN)CCCC1S(C)(=O)=O. The first-order valence-electron chi connectivity index (χ1n) is 7.75. The second-order valence-corrected chi connectivity index (χ2v) is 8.95. The molecule has 0 aromatic heterocycles. The van der Waals surface area contributed by atoms with E-state index in [4.69, 9.17) is 5.73 Å². The zero-order valence-electron chi connectivity index (χ0n) is 12.9. The Bertz CT molecular complexity index is 430. The van der Waals surface area contributed by atoms with Gasteiger partial charge >= 0.3 is 0 Å². The molecule has 0 aromatic carbocycles. The summed E-state index contributed by atoms with van der Waals surface area (Å²) in [4.78, 5) is 0. The molecule has 0 radical (unpaired) electrons. The Kier molecular flexibility index (Phi) is 4.79. The number of nitrogens with two attached hydrogens (primary N) is 1. The molecule has 1 saturated heterocycles. The molecule has 1 saturated carbocycles. The summed E-state index contributed by atoms with van der Waals surface area (Å²) in [5.41, 5.74) is 9.10. The summed E-state index contributed by atoms with van der Waals surface area (Å²) in [5, 5.41) is 1.90. The fourth-order valence-electron chi connectivity index (χ4n) is 3.97. The van der Waals surface area contributed by atoms with Crippen LogP contribution in [0.4, 0.5) is 0 Å². The lowest BCUT2D eigenvalue weighted by atomic mass is 9.96. The van der Waals surface area contributed by atoms with Gasteiger partial charge in [-0.05, 0) is 39.5 Å². The first-order chi connectivity index (χ1) is 9.30. The van der Waals surface area contributed by atoms with Gasteiger partial charge in [0.15, 0.2) is 9.84 Å². The van der Waals surface area contributed by atoms with Crippen molar-refractivity contribution < 1.29 is 8.42 Å². The van der Waals surface area contributed by atoms with E-state index < -0.39 is 15.4 Å². The third kappa shape index (κ3) is 3.03. The van der Waals surface area contributed by atoms with E-state index in [1.165, 1.54) is 12.7 Å². The minimum absolute atomic E-state index is 0.360. The van der Waals surface area contributed by atoms with Crippen molar-refractivity contribution in [3.8, 4) is 0 Å². The van der Waals surface area contributed by atoms with Gasteiger partial charge in [0.2, 0.25) is 0 Å². The summed E-state index contributed by atoms with van der Waals surface area (Å²) in [6, 6.07) is 0.867. The molecule has 4 atom stereocenters. The first-order valence-corrected chi connectivity index (χ1v) is 9.71. The van der Waals surface area contributed by atoms with E-state index in [1.807, 2.05) is 0 Å². The predicted molar refractivity (Wildman–Crippen MR) is 82.0 cm³/mol. The average Bonchev–Trinajstić information content (AvgIpc) is 2.78. The van der Waals surface area contributed by atoms with Crippen molar-refractivity contribution >= 4 is 9.84 Å². The maximum absolute atomic E-state index is 12.1. The van der Waals surface area contributed by atoms with Gasteiger partial charge in [-0.15, -0.1) is 0 Å². The molecule has 1 aliphatic carbocycles. The number of sulfone groups is 1. The first kappa shape index (κ1) is 16.2. The molecule has 118 valence electrons. The molecule has 0 aromatic rings. The molecule has 0 amide bonds. The van der Waals surface area contributed by atoms with Crippen molar-refractivity contribution in [1.29, 1.82) is 0 Å². The highest BCUT2D eigenvalue weighted by Crippen LogP contribution is 2.36. The van der Waals surface area contributed by atoms with Crippen LogP contribution in [-0.4, -0.2) is 49.1 Å². The Morgan fingerprint density at radius 2 is 1.80 bits per heavy atom. The van der Waals surface area contributed by atoms with Crippen molar-refractivity contribution in [2.75, 3.05) is 12.8 Å². The van der Waals surface area contributed by atoms with Crippen LogP contribution in [0, 0.1) is 0 Å². The van der Waals surface area contributed by atoms with Crippen molar-refractivity contribution in [3.63, 3.8) is 0 Å². The number of rotatable bonds is 4. The smallest absolute Gasteiger partial charge is 0.152 e. The van der Waals surface area contributed by atoms with Crippen LogP contribution in [0.3, 0.4) is 0 Å². The number of hydrogen-bond donors (Lipinski definition) is 2. The lowest BCUT2D eigenvalue weighted by molar-refractivity contribution is 0.00427. The summed E-state index contributed by atoms with van der Waals surface area (Å²) in [6.45, 7) is 4.79. The molecule has 4 unspecified atom stereocenters. The van der Waals surface area contributed by atoms with E-state index in [9.17, 15) is 8.42 Å². The summed E-state index contributed by atoms with van der Waals surface area (Å²) in [5.74, 6) is 0. The molecule has 2 fully saturated rings. The van der Waals surface area contributed by atoms with E-state index in [2.05, 4.69) is 24.3 Å². The van der Waals surface area contributed by atoms with Crippen LogP contribution in [0.5, 0.6) is 0 Å². The predicted octanol–water partition coefficient (Wildman–Crippen LogP) is 1.05. The molecule has 3 N–H and O–H groups in total. The minimum Gasteiger partial charge on any atom is -0.329 e. The Hall–Kier alpha value is -0.170. The van der Waals surface area contributed by atoms with Crippen molar-refractivity contribution in [3.05, 3.63) is 0 Å². The van der Waals surface area contributed by atoms with E-state index in [0.29, 0.717) is 18.6 Å². The van der Waals surface area contributed by atoms with Crippen LogP contribution in [0.25, 0.3) is 0 Å². The highest BCUT2D eigenvalue weighted by Gasteiger charge is 2.49. The molecule has 0 bridgehead atoms. The Labute approximate surface area is 123 Å². The van der Waals surface area contributed by atoms with Gasteiger partial charge in [0, 0.05) is 24.9 Å². The van der Waals surface area contributed by atoms with E-state index in [1.54, 1.807) is 0 Å². The summed E-state index contributed by atoms with van der Waals surface area (Å²) < 4.78 is 24.2. The largest absolute Gasteiger partial charge is 0.329 e. The van der Waals surface area contributed by atoms with Crippen molar-refractivity contribution in [1.82, 2.24) is 10.4 Å². The Morgan fingerprint density at radius 3 is 2.30 bits per heavy atom. The molecule has 5 nitrogen and oxygen atoms in total. The maximum Gasteiger partial charge on any atom is 0.152 e. The van der Waals surface area contributed by atoms with Gasteiger partial charge in [-0.3, -0.25) is 0 Å². The lowest BCUT2D eigenvalue weighted by Crippen LogP contribution is -2.67. The third-order valence-corrected chi connectivity index (χ3v) is 6.85. The van der Waals surface area contributed by atoms with Gasteiger partial charge in [-0.1, -0.05) is 12.8 Å². The second kappa shape index (κ2) is 5.91. The normalized spacial score (nSPS) is 40.1. The van der Waals surface area contributed by atoms with E-state index in [-0.39, 0.29) is 5.25 Å². The van der Waals surface area contributed by atoms with Crippen molar-refractivity contribution in [2.45, 2.75) is 75.2 Å². The quantitative estimate of drug-likeness (QED) is 0.812. The van der Waals surface area contributed by atoms with Gasteiger partial charge in [-0.2, -0.15) is 0 Å². The Morgan fingerprint density at radius 1 is 1.20 bits per heavy atom.